The summed E-state index contributed by atoms with van der Waals surface area (Å²) in [4.78, 5) is 23.8. The smallest absolute Gasteiger partial charge is 0.313 e. The summed E-state index contributed by atoms with van der Waals surface area (Å²) in [5.74, 6) is -1.69. The number of halogens is 1. The van der Waals surface area contributed by atoms with Gasteiger partial charge in [-0.3, -0.25) is 9.59 Å². The van der Waals surface area contributed by atoms with Crippen LogP contribution >= 0.6 is 0 Å². The summed E-state index contributed by atoms with van der Waals surface area (Å²) in [6.45, 7) is 1.89. The average molecular weight is 308 g/mol. The van der Waals surface area contributed by atoms with Crippen molar-refractivity contribution in [3.63, 3.8) is 0 Å². The Bertz CT molecular complexity index is 554. The molecule has 2 amide bonds. The Hall–Kier alpha value is -1.95. The molecule has 3 N–H and O–H groups in total. The minimum absolute atomic E-state index is 0.0466. The third kappa shape index (κ3) is 4.27. The number of rotatable bonds is 3. The van der Waals surface area contributed by atoms with Gasteiger partial charge in [-0.1, -0.05) is 6.07 Å². The molecule has 1 aromatic rings. The molecule has 5 nitrogen and oxygen atoms in total. The van der Waals surface area contributed by atoms with Crippen LogP contribution in [0.4, 0.5) is 10.1 Å². The van der Waals surface area contributed by atoms with Crippen molar-refractivity contribution in [1.29, 1.82) is 0 Å². The first-order valence-corrected chi connectivity index (χ1v) is 7.48. The summed E-state index contributed by atoms with van der Waals surface area (Å²) in [7, 11) is 0. The van der Waals surface area contributed by atoms with Gasteiger partial charge in [0.05, 0.1) is 0 Å². The highest BCUT2D eigenvalue weighted by atomic mass is 19.1. The molecule has 0 bridgehead atoms. The van der Waals surface area contributed by atoms with E-state index in [4.69, 9.17) is 5.11 Å². The number of amides is 2. The maximum absolute atomic E-state index is 13.2. The van der Waals surface area contributed by atoms with Crippen molar-refractivity contribution in [2.45, 2.75) is 38.6 Å². The Labute approximate surface area is 128 Å². The minimum Gasteiger partial charge on any atom is -0.396 e. The van der Waals surface area contributed by atoms with Gasteiger partial charge in [0.2, 0.25) is 0 Å². The lowest BCUT2D eigenvalue weighted by molar-refractivity contribution is -0.136. The molecule has 0 aliphatic heterocycles. The molecule has 22 heavy (non-hydrogen) atoms. The van der Waals surface area contributed by atoms with Crippen LogP contribution in [0.3, 0.4) is 0 Å². The lowest BCUT2D eigenvalue weighted by atomic mass is 9.86. The van der Waals surface area contributed by atoms with Crippen molar-refractivity contribution in [3.05, 3.63) is 29.6 Å². The van der Waals surface area contributed by atoms with Crippen LogP contribution < -0.4 is 10.6 Å². The number of carbonyl (C=O) groups is 2. The van der Waals surface area contributed by atoms with Crippen LogP contribution in [0.15, 0.2) is 18.2 Å². The van der Waals surface area contributed by atoms with Crippen LogP contribution in [-0.4, -0.2) is 29.6 Å². The maximum Gasteiger partial charge on any atom is 0.313 e. The third-order valence-electron chi connectivity index (χ3n) is 4.09. The van der Waals surface area contributed by atoms with Gasteiger partial charge in [-0.25, -0.2) is 4.39 Å². The molecule has 120 valence electrons. The monoisotopic (exact) mass is 308 g/mol. The topological polar surface area (TPSA) is 78.4 Å². The van der Waals surface area contributed by atoms with E-state index in [1.165, 1.54) is 12.1 Å². The number of aliphatic hydroxyl groups is 1. The van der Waals surface area contributed by atoms with Crippen molar-refractivity contribution in [2.75, 3.05) is 11.9 Å². The molecule has 0 saturated heterocycles. The maximum atomic E-state index is 13.2. The molecule has 1 aliphatic carbocycles. The zero-order chi connectivity index (χ0) is 16.1. The van der Waals surface area contributed by atoms with E-state index in [9.17, 15) is 14.0 Å². The third-order valence-corrected chi connectivity index (χ3v) is 4.09. The van der Waals surface area contributed by atoms with Gasteiger partial charge in [-0.15, -0.1) is 0 Å². The largest absolute Gasteiger partial charge is 0.396 e. The molecule has 0 heterocycles. The molecule has 1 fully saturated rings. The van der Waals surface area contributed by atoms with E-state index < -0.39 is 17.6 Å². The zero-order valence-electron chi connectivity index (χ0n) is 12.6. The fourth-order valence-electron chi connectivity index (χ4n) is 2.65. The predicted octanol–water partition coefficient (Wildman–Crippen LogP) is 1.74. The van der Waals surface area contributed by atoms with Crippen LogP contribution in [-0.2, 0) is 9.59 Å². The van der Waals surface area contributed by atoms with Gasteiger partial charge in [0.15, 0.2) is 0 Å². The van der Waals surface area contributed by atoms with Crippen molar-refractivity contribution in [3.8, 4) is 0 Å². The number of hydrogen-bond donors (Lipinski definition) is 3. The lowest BCUT2D eigenvalue weighted by Gasteiger charge is -2.27. The number of benzene rings is 1. The second-order valence-electron chi connectivity index (χ2n) is 5.79. The highest BCUT2D eigenvalue weighted by Gasteiger charge is 2.24. The summed E-state index contributed by atoms with van der Waals surface area (Å²) in [5.41, 5.74) is 0.982. The SMILES string of the molecule is Cc1ccc(F)cc1NC(=O)C(=O)NC1CCC(CO)CC1. The molecule has 0 atom stereocenters. The number of nitrogens with one attached hydrogen (secondary N) is 2. The highest BCUT2D eigenvalue weighted by Crippen LogP contribution is 2.23. The summed E-state index contributed by atoms with van der Waals surface area (Å²) in [6, 6.07) is 3.98. The van der Waals surface area contributed by atoms with E-state index in [0.717, 1.165) is 25.7 Å². The Morgan fingerprint density at radius 2 is 1.91 bits per heavy atom. The number of aliphatic hydroxyl groups excluding tert-OH is 1. The zero-order valence-corrected chi connectivity index (χ0v) is 12.6. The molecule has 6 heteroatoms. The fourth-order valence-corrected chi connectivity index (χ4v) is 2.65. The summed E-state index contributed by atoms with van der Waals surface area (Å²) in [6.07, 6.45) is 3.19. The molecular formula is C16H21FN2O3. The molecule has 0 unspecified atom stereocenters. The van der Waals surface area contributed by atoms with Gasteiger partial charge in [0.25, 0.3) is 0 Å². The Morgan fingerprint density at radius 1 is 1.23 bits per heavy atom. The Morgan fingerprint density at radius 3 is 2.55 bits per heavy atom. The Kier molecular flexibility index (Phi) is 5.49. The van der Waals surface area contributed by atoms with Gasteiger partial charge in [0.1, 0.15) is 5.82 Å². The van der Waals surface area contributed by atoms with Gasteiger partial charge in [-0.05, 0) is 56.2 Å². The first kappa shape index (κ1) is 16.4. The van der Waals surface area contributed by atoms with Crippen LogP contribution in [0.1, 0.15) is 31.2 Å². The molecule has 0 spiro atoms. The predicted molar refractivity (Wildman–Crippen MR) is 80.7 cm³/mol. The summed E-state index contributed by atoms with van der Waals surface area (Å²) >= 11 is 0. The molecule has 0 radical (unpaired) electrons. The first-order chi connectivity index (χ1) is 10.5. The fraction of sp³-hybridized carbons (Fsp3) is 0.500. The molecule has 1 aromatic carbocycles. The molecule has 1 saturated carbocycles. The van der Waals surface area contributed by atoms with Crippen LogP contribution in [0.2, 0.25) is 0 Å². The molecule has 1 aliphatic rings. The average Bonchev–Trinajstić information content (AvgIpc) is 2.51. The van der Waals surface area contributed by atoms with Gasteiger partial charge in [-0.2, -0.15) is 0 Å². The second-order valence-corrected chi connectivity index (χ2v) is 5.79. The summed E-state index contributed by atoms with van der Waals surface area (Å²) < 4.78 is 13.2. The molecule has 0 aromatic heterocycles. The van der Waals surface area contributed by atoms with Crippen molar-refractivity contribution in [2.24, 2.45) is 5.92 Å². The van der Waals surface area contributed by atoms with E-state index in [-0.39, 0.29) is 18.6 Å². The number of aryl methyl sites for hydroxylation is 1. The van der Waals surface area contributed by atoms with Crippen molar-refractivity contribution >= 4 is 17.5 Å². The van der Waals surface area contributed by atoms with E-state index in [1.54, 1.807) is 13.0 Å². The standard InChI is InChI=1S/C16H21FN2O3/c1-10-2-5-12(17)8-14(10)19-16(22)15(21)18-13-6-3-11(9-20)4-7-13/h2,5,8,11,13,20H,3-4,6-7,9H2,1H3,(H,18,21)(H,19,22). The van der Waals surface area contributed by atoms with Crippen molar-refractivity contribution < 1.29 is 19.1 Å². The number of anilines is 1. The van der Waals surface area contributed by atoms with E-state index in [0.29, 0.717) is 11.3 Å². The highest BCUT2D eigenvalue weighted by molar-refractivity contribution is 6.39. The summed E-state index contributed by atoms with van der Waals surface area (Å²) in [5, 5.41) is 14.2. The first-order valence-electron chi connectivity index (χ1n) is 7.48. The molecule has 2 rings (SSSR count). The normalized spacial score (nSPS) is 21.2. The number of carbonyl (C=O) groups excluding carboxylic acids is 2. The van der Waals surface area contributed by atoms with Crippen molar-refractivity contribution in [1.82, 2.24) is 5.32 Å². The van der Waals surface area contributed by atoms with E-state index in [2.05, 4.69) is 10.6 Å². The number of hydrogen-bond acceptors (Lipinski definition) is 3. The quantitative estimate of drug-likeness (QED) is 0.744. The van der Waals surface area contributed by atoms with Crippen LogP contribution in [0.5, 0.6) is 0 Å². The van der Waals surface area contributed by atoms with Gasteiger partial charge >= 0.3 is 11.8 Å². The minimum atomic E-state index is -0.794. The lowest BCUT2D eigenvalue weighted by Crippen LogP contribution is -2.43. The Balaban J connectivity index is 1.87. The van der Waals surface area contributed by atoms with Crippen LogP contribution in [0, 0.1) is 18.7 Å². The van der Waals surface area contributed by atoms with E-state index in [1.807, 2.05) is 0 Å². The molecular weight excluding hydrogens is 287 g/mol. The van der Waals surface area contributed by atoms with Crippen LogP contribution in [0.25, 0.3) is 0 Å². The van der Waals surface area contributed by atoms with Gasteiger partial charge < -0.3 is 15.7 Å². The van der Waals surface area contributed by atoms with Gasteiger partial charge in [0, 0.05) is 18.3 Å². The second kappa shape index (κ2) is 7.35. The van der Waals surface area contributed by atoms with E-state index >= 15 is 0 Å².